The van der Waals surface area contributed by atoms with Gasteiger partial charge in [0.15, 0.2) is 9.84 Å². The van der Waals surface area contributed by atoms with Gasteiger partial charge in [-0.3, -0.25) is 5.10 Å². The van der Waals surface area contributed by atoms with Gasteiger partial charge in [-0.05, 0) is 37.3 Å². The van der Waals surface area contributed by atoms with Crippen LogP contribution in [0.3, 0.4) is 0 Å². The highest BCUT2D eigenvalue weighted by atomic mass is 32.2. The largest absolute Gasteiger partial charge is 0.356 e. The lowest BCUT2D eigenvalue weighted by Crippen LogP contribution is -2.36. The number of pyridine rings is 1. The van der Waals surface area contributed by atoms with Gasteiger partial charge in [0, 0.05) is 25.5 Å². The third-order valence-corrected chi connectivity index (χ3v) is 5.21. The van der Waals surface area contributed by atoms with Gasteiger partial charge in [0.05, 0.1) is 11.9 Å². The van der Waals surface area contributed by atoms with Crippen LogP contribution in [0.25, 0.3) is 0 Å². The number of piperidine rings is 1. The average Bonchev–Trinajstić information content (AvgIpc) is 2.97. The minimum atomic E-state index is -3.23. The van der Waals surface area contributed by atoms with E-state index >= 15 is 0 Å². The van der Waals surface area contributed by atoms with E-state index in [1.165, 1.54) is 12.5 Å². The first-order valence-corrected chi connectivity index (χ1v) is 9.31. The molecular weight excluding hydrogens is 300 g/mol. The lowest BCUT2D eigenvalue weighted by Gasteiger charge is -2.33. The molecular formula is C15H20N4O2S. The normalized spacial score (nSPS) is 19.3. The predicted octanol–water partition coefficient (Wildman–Crippen LogP) is 1.67. The molecule has 22 heavy (non-hydrogen) atoms. The number of aromatic nitrogens is 3. The Morgan fingerprint density at radius 3 is 3.00 bits per heavy atom. The molecule has 118 valence electrons. The molecule has 1 aliphatic heterocycles. The number of rotatable bonds is 4. The van der Waals surface area contributed by atoms with E-state index in [0.717, 1.165) is 37.4 Å². The Labute approximate surface area is 130 Å². The summed E-state index contributed by atoms with van der Waals surface area (Å²) in [5, 5.41) is 6.75. The maximum absolute atomic E-state index is 11.8. The zero-order chi connectivity index (χ0) is 15.6. The fourth-order valence-corrected chi connectivity index (χ4v) is 3.86. The summed E-state index contributed by atoms with van der Waals surface area (Å²) < 4.78 is 23.5. The zero-order valence-electron chi connectivity index (χ0n) is 12.6. The average molecular weight is 320 g/mol. The summed E-state index contributed by atoms with van der Waals surface area (Å²) in [6.45, 7) is 1.88. The molecule has 1 fully saturated rings. The van der Waals surface area contributed by atoms with Crippen molar-refractivity contribution < 1.29 is 8.42 Å². The van der Waals surface area contributed by atoms with Gasteiger partial charge in [-0.25, -0.2) is 13.4 Å². The lowest BCUT2D eigenvalue weighted by atomic mass is 9.93. The molecule has 3 rings (SSSR count). The van der Waals surface area contributed by atoms with E-state index in [1.54, 1.807) is 6.20 Å². The zero-order valence-corrected chi connectivity index (χ0v) is 13.4. The van der Waals surface area contributed by atoms with Crippen LogP contribution in [0.5, 0.6) is 0 Å². The summed E-state index contributed by atoms with van der Waals surface area (Å²) in [5.41, 5.74) is 0.718. The molecule has 0 bridgehead atoms. The van der Waals surface area contributed by atoms with E-state index in [2.05, 4.69) is 20.1 Å². The molecule has 1 aliphatic rings. The molecule has 1 atom stereocenters. The standard InChI is InChI=1S/C15H20N4O2S/c1-22(20,21)14-10-17-18-13(14)9-12-5-4-8-19(11-12)15-6-2-3-7-16-15/h2-3,6-7,10,12H,4-5,8-9,11H2,1H3,(H,17,18). The Morgan fingerprint density at radius 1 is 1.41 bits per heavy atom. The summed E-state index contributed by atoms with van der Waals surface area (Å²) in [6, 6.07) is 5.91. The topological polar surface area (TPSA) is 79.0 Å². The van der Waals surface area contributed by atoms with Gasteiger partial charge in [-0.2, -0.15) is 5.10 Å². The monoisotopic (exact) mass is 320 g/mol. The van der Waals surface area contributed by atoms with Gasteiger partial charge in [0.25, 0.3) is 0 Å². The third-order valence-electron chi connectivity index (χ3n) is 4.06. The Balaban J connectivity index is 1.73. The minimum Gasteiger partial charge on any atom is -0.356 e. The number of nitrogens with zero attached hydrogens (tertiary/aromatic N) is 3. The van der Waals surface area contributed by atoms with Crippen LogP contribution >= 0.6 is 0 Å². The highest BCUT2D eigenvalue weighted by Crippen LogP contribution is 2.25. The lowest BCUT2D eigenvalue weighted by molar-refractivity contribution is 0.406. The van der Waals surface area contributed by atoms with Gasteiger partial charge in [-0.1, -0.05) is 6.07 Å². The van der Waals surface area contributed by atoms with Crippen molar-refractivity contribution in [1.82, 2.24) is 15.2 Å². The molecule has 1 unspecified atom stereocenters. The van der Waals surface area contributed by atoms with Crippen molar-refractivity contribution in [2.75, 3.05) is 24.2 Å². The number of anilines is 1. The van der Waals surface area contributed by atoms with Crippen molar-refractivity contribution in [1.29, 1.82) is 0 Å². The number of sulfone groups is 1. The van der Waals surface area contributed by atoms with E-state index in [-0.39, 0.29) is 0 Å². The summed E-state index contributed by atoms with van der Waals surface area (Å²) >= 11 is 0. The van der Waals surface area contributed by atoms with Crippen molar-refractivity contribution in [2.45, 2.75) is 24.2 Å². The highest BCUT2D eigenvalue weighted by Gasteiger charge is 2.24. The summed E-state index contributed by atoms with van der Waals surface area (Å²) in [5.74, 6) is 1.39. The van der Waals surface area contributed by atoms with E-state index in [9.17, 15) is 8.42 Å². The van der Waals surface area contributed by atoms with Gasteiger partial charge >= 0.3 is 0 Å². The molecule has 0 saturated carbocycles. The van der Waals surface area contributed by atoms with Gasteiger partial charge in [-0.15, -0.1) is 0 Å². The van der Waals surface area contributed by atoms with Crippen LogP contribution in [0.4, 0.5) is 5.82 Å². The summed E-state index contributed by atoms with van der Waals surface area (Å²) in [6.07, 6.45) is 7.31. The highest BCUT2D eigenvalue weighted by molar-refractivity contribution is 7.90. The predicted molar refractivity (Wildman–Crippen MR) is 84.6 cm³/mol. The van der Waals surface area contributed by atoms with Crippen LogP contribution in [0.15, 0.2) is 35.5 Å². The fraction of sp³-hybridized carbons (Fsp3) is 0.467. The second-order valence-electron chi connectivity index (χ2n) is 5.83. The molecule has 0 radical (unpaired) electrons. The van der Waals surface area contributed by atoms with E-state index in [0.29, 0.717) is 17.2 Å². The Morgan fingerprint density at radius 2 is 2.27 bits per heavy atom. The molecule has 1 N–H and O–H groups in total. The van der Waals surface area contributed by atoms with E-state index in [4.69, 9.17) is 0 Å². The van der Waals surface area contributed by atoms with Crippen molar-refractivity contribution in [3.63, 3.8) is 0 Å². The van der Waals surface area contributed by atoms with Gasteiger partial charge in [0.2, 0.25) is 0 Å². The van der Waals surface area contributed by atoms with Crippen molar-refractivity contribution in [3.05, 3.63) is 36.3 Å². The van der Waals surface area contributed by atoms with E-state index < -0.39 is 9.84 Å². The maximum Gasteiger partial charge on any atom is 0.178 e. The van der Waals surface area contributed by atoms with Crippen molar-refractivity contribution in [2.24, 2.45) is 5.92 Å². The number of nitrogens with one attached hydrogen (secondary N) is 1. The first-order chi connectivity index (χ1) is 10.5. The quantitative estimate of drug-likeness (QED) is 0.927. The molecule has 0 spiro atoms. The van der Waals surface area contributed by atoms with Crippen LogP contribution in [0.2, 0.25) is 0 Å². The molecule has 0 amide bonds. The first-order valence-electron chi connectivity index (χ1n) is 7.42. The summed E-state index contributed by atoms with van der Waals surface area (Å²) in [4.78, 5) is 6.99. The second kappa shape index (κ2) is 6.08. The number of aromatic amines is 1. The SMILES string of the molecule is CS(=O)(=O)c1cn[nH]c1CC1CCCN(c2ccccn2)C1. The third kappa shape index (κ3) is 3.30. The molecule has 1 saturated heterocycles. The van der Waals surface area contributed by atoms with Crippen LogP contribution in [-0.4, -0.2) is 42.9 Å². The fourth-order valence-electron chi connectivity index (χ4n) is 3.04. The van der Waals surface area contributed by atoms with Crippen LogP contribution < -0.4 is 4.90 Å². The van der Waals surface area contributed by atoms with Crippen molar-refractivity contribution in [3.8, 4) is 0 Å². The maximum atomic E-state index is 11.8. The number of H-pyrrole nitrogens is 1. The van der Waals surface area contributed by atoms with Crippen molar-refractivity contribution >= 4 is 15.7 Å². The molecule has 7 heteroatoms. The number of hydrogen-bond acceptors (Lipinski definition) is 5. The smallest absolute Gasteiger partial charge is 0.178 e. The molecule has 2 aromatic rings. The molecule has 3 heterocycles. The Kier molecular flexibility index (Phi) is 4.15. The molecule has 0 aliphatic carbocycles. The Bertz CT molecular complexity index is 727. The molecule has 6 nitrogen and oxygen atoms in total. The second-order valence-corrected chi connectivity index (χ2v) is 7.82. The van der Waals surface area contributed by atoms with Crippen LogP contribution in [0, 0.1) is 5.92 Å². The first kappa shape index (κ1) is 15.0. The molecule has 2 aromatic heterocycles. The molecule has 0 aromatic carbocycles. The Hall–Kier alpha value is -1.89. The number of hydrogen-bond donors (Lipinski definition) is 1. The van der Waals surface area contributed by atoms with Gasteiger partial charge < -0.3 is 4.90 Å². The van der Waals surface area contributed by atoms with Crippen LogP contribution in [0.1, 0.15) is 18.5 Å². The van der Waals surface area contributed by atoms with Crippen LogP contribution in [-0.2, 0) is 16.3 Å². The minimum absolute atomic E-state index is 0.322. The van der Waals surface area contributed by atoms with Gasteiger partial charge in [0.1, 0.15) is 10.7 Å². The van der Waals surface area contributed by atoms with E-state index in [1.807, 2.05) is 18.2 Å². The summed E-state index contributed by atoms with van der Waals surface area (Å²) in [7, 11) is -3.23.